The Kier molecular flexibility index (Phi) is 6.86. The fraction of sp³-hybridized carbons (Fsp3) is 0.480. The van der Waals surface area contributed by atoms with E-state index in [0.29, 0.717) is 18.2 Å². The van der Waals surface area contributed by atoms with Gasteiger partial charge in [0.15, 0.2) is 0 Å². The Labute approximate surface area is 190 Å². The Balaban J connectivity index is 1.51. The lowest BCUT2D eigenvalue weighted by Gasteiger charge is -2.33. The van der Waals surface area contributed by atoms with Gasteiger partial charge in [0, 0.05) is 31.9 Å². The molecule has 0 saturated heterocycles. The summed E-state index contributed by atoms with van der Waals surface area (Å²) in [4.78, 5) is 32.1. The SMILES string of the molecule is CCN(Cc1nc2cc(C(=O)N(C)CCN(C)C)ccc2[nH]1)C1CCCc2cccnc21. The van der Waals surface area contributed by atoms with Gasteiger partial charge in [-0.25, -0.2) is 4.98 Å². The summed E-state index contributed by atoms with van der Waals surface area (Å²) in [6.07, 6.45) is 5.32. The molecule has 1 aromatic carbocycles. The summed E-state index contributed by atoms with van der Waals surface area (Å²) in [6, 6.07) is 10.3. The first-order valence-corrected chi connectivity index (χ1v) is 11.5. The lowest BCUT2D eigenvalue weighted by Crippen LogP contribution is -2.33. The molecule has 0 bridgehead atoms. The first kappa shape index (κ1) is 22.4. The molecule has 1 N–H and O–H groups in total. The van der Waals surface area contributed by atoms with Crippen LogP contribution >= 0.6 is 0 Å². The summed E-state index contributed by atoms with van der Waals surface area (Å²) >= 11 is 0. The van der Waals surface area contributed by atoms with Crippen LogP contribution in [0, 0.1) is 0 Å². The molecule has 7 nitrogen and oxygen atoms in total. The number of rotatable bonds is 8. The molecular weight excluding hydrogens is 400 g/mol. The lowest BCUT2D eigenvalue weighted by molar-refractivity contribution is 0.0786. The van der Waals surface area contributed by atoms with E-state index in [9.17, 15) is 4.79 Å². The smallest absolute Gasteiger partial charge is 0.253 e. The molecule has 4 rings (SSSR count). The Morgan fingerprint density at radius 3 is 2.81 bits per heavy atom. The van der Waals surface area contributed by atoms with Crippen LogP contribution in [0.25, 0.3) is 11.0 Å². The Bertz CT molecular complexity index is 1080. The normalized spacial score (nSPS) is 16.0. The molecule has 1 amide bonds. The average molecular weight is 435 g/mol. The summed E-state index contributed by atoms with van der Waals surface area (Å²) in [5.74, 6) is 0.953. The van der Waals surface area contributed by atoms with Crippen LogP contribution in [0.1, 0.15) is 53.2 Å². The number of hydrogen-bond donors (Lipinski definition) is 1. The topological polar surface area (TPSA) is 68.4 Å². The fourth-order valence-electron chi connectivity index (χ4n) is 4.51. The minimum atomic E-state index is 0.0263. The summed E-state index contributed by atoms with van der Waals surface area (Å²) in [6.45, 7) is 5.39. The third kappa shape index (κ3) is 4.84. The maximum Gasteiger partial charge on any atom is 0.253 e. The number of hydrogen-bond acceptors (Lipinski definition) is 5. The van der Waals surface area contributed by atoms with E-state index in [1.54, 1.807) is 4.90 Å². The molecule has 1 atom stereocenters. The zero-order valence-corrected chi connectivity index (χ0v) is 19.6. The number of nitrogens with one attached hydrogen (secondary N) is 1. The molecule has 2 aromatic heterocycles. The lowest BCUT2D eigenvalue weighted by atomic mass is 9.91. The third-order valence-corrected chi connectivity index (χ3v) is 6.37. The maximum atomic E-state index is 12.8. The third-order valence-electron chi connectivity index (χ3n) is 6.37. The fourth-order valence-corrected chi connectivity index (χ4v) is 4.51. The van der Waals surface area contributed by atoms with E-state index in [1.165, 1.54) is 17.7 Å². The molecule has 1 unspecified atom stereocenters. The number of pyridine rings is 1. The highest BCUT2D eigenvalue weighted by atomic mass is 16.2. The molecule has 3 aromatic rings. The summed E-state index contributed by atoms with van der Waals surface area (Å²) in [7, 11) is 5.87. The zero-order valence-electron chi connectivity index (χ0n) is 19.6. The van der Waals surface area contributed by atoms with Crippen molar-refractivity contribution in [3.05, 3.63) is 59.2 Å². The molecule has 2 heterocycles. The first-order valence-electron chi connectivity index (χ1n) is 11.5. The molecule has 0 fully saturated rings. The molecule has 170 valence electrons. The summed E-state index contributed by atoms with van der Waals surface area (Å²) in [5.41, 5.74) is 5.06. The summed E-state index contributed by atoms with van der Waals surface area (Å²) < 4.78 is 0. The van der Waals surface area contributed by atoms with Gasteiger partial charge in [0.05, 0.1) is 29.3 Å². The molecule has 32 heavy (non-hydrogen) atoms. The van der Waals surface area contributed by atoms with E-state index in [-0.39, 0.29) is 5.91 Å². The van der Waals surface area contributed by atoms with E-state index < -0.39 is 0 Å². The van der Waals surface area contributed by atoms with Crippen molar-refractivity contribution in [3.63, 3.8) is 0 Å². The predicted octanol–water partition coefficient (Wildman–Crippen LogP) is 3.49. The van der Waals surface area contributed by atoms with Gasteiger partial charge in [0.1, 0.15) is 5.82 Å². The molecule has 0 aliphatic heterocycles. The number of imidazole rings is 1. The highest BCUT2D eigenvalue weighted by molar-refractivity contribution is 5.97. The number of carbonyl (C=O) groups excluding carboxylic acids is 1. The summed E-state index contributed by atoms with van der Waals surface area (Å²) in [5, 5.41) is 0. The second-order valence-electron chi connectivity index (χ2n) is 8.96. The molecule has 7 heteroatoms. The molecule has 1 aliphatic rings. The van der Waals surface area contributed by atoms with Crippen molar-refractivity contribution >= 4 is 16.9 Å². The molecule has 0 radical (unpaired) electrons. The number of fused-ring (bicyclic) bond motifs is 2. The Morgan fingerprint density at radius 1 is 1.19 bits per heavy atom. The Morgan fingerprint density at radius 2 is 2.03 bits per heavy atom. The molecule has 0 spiro atoms. The second kappa shape index (κ2) is 9.79. The monoisotopic (exact) mass is 434 g/mol. The van der Waals surface area contributed by atoms with Gasteiger partial charge < -0.3 is 14.8 Å². The van der Waals surface area contributed by atoms with Gasteiger partial charge in [-0.15, -0.1) is 0 Å². The van der Waals surface area contributed by atoms with E-state index in [0.717, 1.165) is 49.3 Å². The van der Waals surface area contributed by atoms with Crippen molar-refractivity contribution in [2.45, 2.75) is 38.8 Å². The minimum Gasteiger partial charge on any atom is -0.341 e. The number of H-pyrrole nitrogens is 1. The largest absolute Gasteiger partial charge is 0.341 e. The van der Waals surface area contributed by atoms with Gasteiger partial charge >= 0.3 is 0 Å². The zero-order chi connectivity index (χ0) is 22.7. The molecule has 0 saturated carbocycles. The number of aryl methyl sites for hydroxylation is 1. The maximum absolute atomic E-state index is 12.8. The number of amides is 1. The number of aromatic nitrogens is 3. The highest BCUT2D eigenvalue weighted by Gasteiger charge is 2.27. The van der Waals surface area contributed by atoms with Gasteiger partial charge in [-0.2, -0.15) is 0 Å². The van der Waals surface area contributed by atoms with Crippen molar-refractivity contribution in [1.82, 2.24) is 29.7 Å². The van der Waals surface area contributed by atoms with Gasteiger partial charge in [-0.1, -0.05) is 13.0 Å². The standard InChI is InChI=1S/C25H34N6O/c1-5-31(22-10-6-8-18-9-7-13-26-24(18)22)17-23-27-20-12-11-19(16-21(20)28-23)25(32)30(4)15-14-29(2)3/h7,9,11-13,16,22H,5-6,8,10,14-15,17H2,1-4H3,(H,27,28). The van der Waals surface area contributed by atoms with Crippen molar-refractivity contribution in [3.8, 4) is 0 Å². The van der Waals surface area contributed by atoms with Crippen LogP contribution in [0.15, 0.2) is 36.5 Å². The van der Waals surface area contributed by atoms with Crippen LogP contribution in [-0.4, -0.2) is 76.3 Å². The van der Waals surface area contributed by atoms with Crippen molar-refractivity contribution in [2.75, 3.05) is 40.8 Å². The van der Waals surface area contributed by atoms with Crippen LogP contribution in [0.3, 0.4) is 0 Å². The quantitative estimate of drug-likeness (QED) is 0.588. The first-order chi connectivity index (χ1) is 15.5. The van der Waals surface area contributed by atoms with E-state index >= 15 is 0 Å². The Hall–Kier alpha value is -2.77. The predicted molar refractivity (Wildman–Crippen MR) is 128 cm³/mol. The van der Waals surface area contributed by atoms with E-state index in [1.807, 2.05) is 51.6 Å². The average Bonchev–Trinajstić information content (AvgIpc) is 3.21. The van der Waals surface area contributed by atoms with Crippen LogP contribution in [-0.2, 0) is 13.0 Å². The van der Waals surface area contributed by atoms with Crippen molar-refractivity contribution in [1.29, 1.82) is 0 Å². The van der Waals surface area contributed by atoms with Crippen molar-refractivity contribution < 1.29 is 4.79 Å². The van der Waals surface area contributed by atoms with Crippen LogP contribution in [0.2, 0.25) is 0 Å². The highest BCUT2D eigenvalue weighted by Crippen LogP contribution is 2.33. The number of aromatic amines is 1. The number of likely N-dealkylation sites (N-methyl/N-ethyl adjacent to an activating group) is 2. The van der Waals surface area contributed by atoms with E-state index in [4.69, 9.17) is 9.97 Å². The van der Waals surface area contributed by atoms with Gasteiger partial charge in [-0.3, -0.25) is 14.7 Å². The number of nitrogens with zero attached hydrogens (tertiary/aromatic N) is 5. The van der Waals surface area contributed by atoms with Crippen LogP contribution < -0.4 is 0 Å². The van der Waals surface area contributed by atoms with Gasteiger partial charge in [0.25, 0.3) is 5.91 Å². The van der Waals surface area contributed by atoms with Gasteiger partial charge in [0.2, 0.25) is 0 Å². The molecular formula is C25H34N6O. The van der Waals surface area contributed by atoms with E-state index in [2.05, 4.69) is 27.8 Å². The van der Waals surface area contributed by atoms with Crippen molar-refractivity contribution in [2.24, 2.45) is 0 Å². The van der Waals surface area contributed by atoms with Crippen LogP contribution in [0.5, 0.6) is 0 Å². The number of carbonyl (C=O) groups is 1. The molecule has 1 aliphatic carbocycles. The van der Waals surface area contributed by atoms with Crippen LogP contribution in [0.4, 0.5) is 0 Å². The minimum absolute atomic E-state index is 0.0263. The van der Waals surface area contributed by atoms with Gasteiger partial charge in [-0.05, 0) is 69.7 Å². The second-order valence-corrected chi connectivity index (χ2v) is 8.96. The number of benzene rings is 1.